The molecular formula is C69H131NO5. The van der Waals surface area contributed by atoms with E-state index in [0.717, 1.165) is 51.4 Å². The minimum Gasteiger partial charge on any atom is -0.465 e. The third kappa shape index (κ3) is 61.2. The number of aliphatic hydroxyl groups excluding tert-OH is 2. The Morgan fingerprint density at radius 2 is 0.667 bits per heavy atom. The molecule has 6 heteroatoms. The van der Waals surface area contributed by atoms with Gasteiger partial charge >= 0.3 is 5.97 Å². The number of allylic oxidation sites excluding steroid dienone is 4. The number of esters is 1. The molecule has 0 spiro atoms. The van der Waals surface area contributed by atoms with Crippen molar-refractivity contribution in [1.29, 1.82) is 0 Å². The van der Waals surface area contributed by atoms with Crippen molar-refractivity contribution in [2.24, 2.45) is 0 Å². The van der Waals surface area contributed by atoms with Crippen molar-refractivity contribution in [3.05, 3.63) is 36.5 Å². The molecule has 1 amide bonds. The first kappa shape index (κ1) is 73.1. The molecule has 6 nitrogen and oxygen atoms in total. The molecule has 0 bridgehead atoms. The van der Waals surface area contributed by atoms with Crippen LogP contribution in [0.1, 0.15) is 367 Å². The summed E-state index contributed by atoms with van der Waals surface area (Å²) in [7, 11) is 0. The number of aliphatic hydroxyl groups is 2. The number of hydrogen-bond donors (Lipinski definition) is 3. The van der Waals surface area contributed by atoms with Crippen molar-refractivity contribution in [1.82, 2.24) is 5.32 Å². The average Bonchev–Trinajstić information content (AvgIpc) is 3.41. The van der Waals surface area contributed by atoms with Gasteiger partial charge in [-0.3, -0.25) is 9.59 Å². The molecule has 0 fully saturated rings. The smallest absolute Gasteiger partial charge is 0.305 e. The van der Waals surface area contributed by atoms with E-state index < -0.39 is 12.1 Å². The molecule has 0 aromatic carbocycles. The van der Waals surface area contributed by atoms with E-state index in [1.807, 2.05) is 6.08 Å². The summed E-state index contributed by atoms with van der Waals surface area (Å²) >= 11 is 0. The SMILES string of the molecule is CCCCCCCCCCCCCCCCCCCCC/C=C/C(O)C(CO)NC(=O)CCCCCCCCCCCCCCCC/C=C\C/C=C\CCOC(=O)CCCCCCCCCCCCCCCCCC. The van der Waals surface area contributed by atoms with Crippen molar-refractivity contribution in [2.45, 2.75) is 379 Å². The van der Waals surface area contributed by atoms with Crippen LogP contribution in [-0.2, 0) is 14.3 Å². The van der Waals surface area contributed by atoms with E-state index in [9.17, 15) is 19.8 Å². The molecule has 0 aromatic heterocycles. The van der Waals surface area contributed by atoms with Crippen LogP contribution in [-0.4, -0.2) is 47.4 Å². The van der Waals surface area contributed by atoms with E-state index in [2.05, 4.69) is 43.5 Å². The maximum Gasteiger partial charge on any atom is 0.305 e. The molecule has 2 unspecified atom stereocenters. The fourth-order valence-electron chi connectivity index (χ4n) is 10.5. The Labute approximate surface area is 468 Å². The third-order valence-electron chi connectivity index (χ3n) is 15.7. The highest BCUT2D eigenvalue weighted by Gasteiger charge is 2.18. The maximum atomic E-state index is 12.5. The Morgan fingerprint density at radius 3 is 1.01 bits per heavy atom. The second-order valence-corrected chi connectivity index (χ2v) is 23.2. The lowest BCUT2D eigenvalue weighted by Gasteiger charge is -2.20. The van der Waals surface area contributed by atoms with Gasteiger partial charge < -0.3 is 20.3 Å². The number of hydrogen-bond acceptors (Lipinski definition) is 5. The second kappa shape index (κ2) is 64.6. The summed E-state index contributed by atoms with van der Waals surface area (Å²) < 4.78 is 5.43. The van der Waals surface area contributed by atoms with Gasteiger partial charge in [0.2, 0.25) is 5.91 Å². The zero-order chi connectivity index (χ0) is 54.3. The van der Waals surface area contributed by atoms with Gasteiger partial charge in [-0.2, -0.15) is 0 Å². The monoisotopic (exact) mass is 1050 g/mol. The molecule has 0 rings (SSSR count). The fourth-order valence-corrected chi connectivity index (χ4v) is 10.5. The van der Waals surface area contributed by atoms with Gasteiger partial charge in [0.25, 0.3) is 0 Å². The maximum absolute atomic E-state index is 12.5. The minimum absolute atomic E-state index is 0.0319. The normalized spacial score (nSPS) is 12.7. The fraction of sp³-hybridized carbons (Fsp3) is 0.884. The first-order valence-corrected chi connectivity index (χ1v) is 33.8. The molecule has 0 aliphatic carbocycles. The van der Waals surface area contributed by atoms with Crippen molar-refractivity contribution in [2.75, 3.05) is 13.2 Å². The van der Waals surface area contributed by atoms with Crippen molar-refractivity contribution < 1.29 is 24.5 Å². The first-order valence-electron chi connectivity index (χ1n) is 33.8. The third-order valence-corrected chi connectivity index (χ3v) is 15.7. The highest BCUT2D eigenvalue weighted by molar-refractivity contribution is 5.76. The van der Waals surface area contributed by atoms with E-state index in [0.29, 0.717) is 19.4 Å². The summed E-state index contributed by atoms with van der Waals surface area (Å²) in [5.74, 6) is -0.101. The zero-order valence-electron chi connectivity index (χ0n) is 50.5. The lowest BCUT2D eigenvalue weighted by Crippen LogP contribution is -2.45. The van der Waals surface area contributed by atoms with Gasteiger partial charge in [0.15, 0.2) is 0 Å². The summed E-state index contributed by atoms with van der Waals surface area (Å²) in [5.41, 5.74) is 0. The Hall–Kier alpha value is -1.92. The Balaban J connectivity index is 3.47. The summed E-state index contributed by atoms with van der Waals surface area (Å²) in [4.78, 5) is 24.6. The van der Waals surface area contributed by atoms with Crippen LogP contribution in [0.15, 0.2) is 36.5 Å². The summed E-state index contributed by atoms with van der Waals surface area (Å²) in [5, 5.41) is 23.2. The van der Waals surface area contributed by atoms with Crippen LogP contribution in [0.3, 0.4) is 0 Å². The van der Waals surface area contributed by atoms with Gasteiger partial charge in [0, 0.05) is 12.8 Å². The van der Waals surface area contributed by atoms with Crippen LogP contribution in [0.2, 0.25) is 0 Å². The van der Waals surface area contributed by atoms with E-state index >= 15 is 0 Å². The summed E-state index contributed by atoms with van der Waals surface area (Å²) in [6.07, 6.45) is 82.2. The highest BCUT2D eigenvalue weighted by atomic mass is 16.5. The van der Waals surface area contributed by atoms with Crippen molar-refractivity contribution in [3.8, 4) is 0 Å². The second-order valence-electron chi connectivity index (χ2n) is 23.2. The molecule has 0 saturated carbocycles. The molecular weight excluding hydrogens is 923 g/mol. The molecule has 0 aromatic rings. The lowest BCUT2D eigenvalue weighted by molar-refractivity contribution is -0.143. The topological polar surface area (TPSA) is 95.9 Å². The molecule has 0 aliphatic rings. The predicted octanol–water partition coefficient (Wildman–Crippen LogP) is 21.5. The van der Waals surface area contributed by atoms with E-state index in [-0.39, 0.29) is 18.5 Å². The molecule has 75 heavy (non-hydrogen) atoms. The molecule has 0 radical (unpaired) electrons. The van der Waals surface area contributed by atoms with E-state index in [1.54, 1.807) is 6.08 Å². The van der Waals surface area contributed by atoms with Crippen LogP contribution in [0, 0.1) is 0 Å². The quantitative estimate of drug-likeness (QED) is 0.0320. The van der Waals surface area contributed by atoms with Crippen LogP contribution < -0.4 is 5.32 Å². The minimum atomic E-state index is -0.849. The number of carbonyl (C=O) groups excluding carboxylic acids is 2. The van der Waals surface area contributed by atoms with E-state index in [1.165, 1.54) is 289 Å². The summed E-state index contributed by atoms with van der Waals surface area (Å²) in [6.45, 7) is 4.83. The molecule has 0 aliphatic heterocycles. The molecule has 3 N–H and O–H groups in total. The molecule has 0 heterocycles. The number of ether oxygens (including phenoxy) is 1. The van der Waals surface area contributed by atoms with Gasteiger partial charge in [0.05, 0.1) is 25.4 Å². The van der Waals surface area contributed by atoms with Crippen LogP contribution in [0.4, 0.5) is 0 Å². The number of unbranched alkanes of at least 4 members (excludes halogenated alkanes) is 48. The average molecular weight is 1050 g/mol. The number of carbonyl (C=O) groups is 2. The lowest BCUT2D eigenvalue weighted by atomic mass is 10.0. The van der Waals surface area contributed by atoms with Crippen LogP contribution in [0.5, 0.6) is 0 Å². The van der Waals surface area contributed by atoms with Gasteiger partial charge in [-0.15, -0.1) is 0 Å². The van der Waals surface area contributed by atoms with Crippen molar-refractivity contribution >= 4 is 11.9 Å². The van der Waals surface area contributed by atoms with Gasteiger partial charge in [-0.1, -0.05) is 339 Å². The number of rotatable bonds is 63. The Bertz CT molecular complexity index is 1210. The van der Waals surface area contributed by atoms with Crippen LogP contribution >= 0.6 is 0 Å². The Morgan fingerprint density at radius 1 is 0.373 bits per heavy atom. The van der Waals surface area contributed by atoms with Gasteiger partial charge in [-0.05, 0) is 51.4 Å². The standard InChI is InChI=1S/C69H131NO5/c1-3-5-7-9-11-13-15-17-19-21-22-24-27-30-33-37-41-45-49-53-57-61-67(72)66(65-71)70-68(73)62-58-54-50-46-42-38-34-31-28-25-23-26-29-32-36-40-44-48-52-56-60-64-75-69(74)63-59-55-51-47-43-39-35-20-18-16-14-12-10-8-6-4-2/h40,44,52,56-57,61,66-67,71-72H,3-39,41-43,45-51,53-55,58-60,62-65H2,1-2H3,(H,70,73)/b44-40-,56-52-,61-57+. The predicted molar refractivity (Wildman–Crippen MR) is 329 cm³/mol. The van der Waals surface area contributed by atoms with E-state index in [4.69, 9.17) is 4.74 Å². The van der Waals surface area contributed by atoms with Gasteiger partial charge in [0.1, 0.15) is 0 Å². The Kier molecular flexibility index (Phi) is 63.0. The first-order chi connectivity index (χ1) is 37.0. The van der Waals surface area contributed by atoms with Gasteiger partial charge in [-0.25, -0.2) is 0 Å². The molecule has 0 saturated heterocycles. The zero-order valence-corrected chi connectivity index (χ0v) is 50.5. The number of amides is 1. The number of nitrogens with one attached hydrogen (secondary N) is 1. The van der Waals surface area contributed by atoms with Crippen molar-refractivity contribution in [3.63, 3.8) is 0 Å². The van der Waals surface area contributed by atoms with Crippen LogP contribution in [0.25, 0.3) is 0 Å². The highest BCUT2D eigenvalue weighted by Crippen LogP contribution is 2.18. The molecule has 442 valence electrons. The largest absolute Gasteiger partial charge is 0.465 e. The summed E-state index contributed by atoms with van der Waals surface area (Å²) in [6, 6.07) is -0.633. The molecule has 2 atom stereocenters.